The van der Waals surface area contributed by atoms with Gasteiger partial charge in [0.1, 0.15) is 0 Å². The molecule has 66 valence electrons. The minimum Gasteiger partial charge on any atom is -0.344 e. The van der Waals surface area contributed by atoms with Crippen molar-refractivity contribution in [1.29, 1.82) is 0 Å². The van der Waals surface area contributed by atoms with E-state index in [0.29, 0.717) is 0 Å². The van der Waals surface area contributed by atoms with E-state index in [1.54, 1.807) is 0 Å². The van der Waals surface area contributed by atoms with Crippen LogP contribution in [0.2, 0.25) is 0 Å². The Morgan fingerprint density at radius 2 is 1.46 bits per heavy atom. The molecule has 1 aromatic heterocycles. The summed E-state index contributed by atoms with van der Waals surface area (Å²) >= 11 is 0. The zero-order valence-corrected chi connectivity index (χ0v) is 7.35. The van der Waals surface area contributed by atoms with Crippen LogP contribution in [-0.2, 0) is 0 Å². The Labute approximate surface area is 77.8 Å². The second-order valence-corrected chi connectivity index (χ2v) is 2.58. The van der Waals surface area contributed by atoms with Gasteiger partial charge < -0.3 is 6.15 Å². The number of hydrogen-bond donors (Lipinski definition) is 1. The molecule has 0 radical (unpaired) electrons. The Morgan fingerprint density at radius 3 is 2.08 bits per heavy atom. The van der Waals surface area contributed by atoms with E-state index in [9.17, 15) is 0 Å². The maximum atomic E-state index is 4.25. The van der Waals surface area contributed by atoms with Gasteiger partial charge in [0.15, 0.2) is 0 Å². The fourth-order valence-electron chi connectivity index (χ4n) is 1.14. The third-order valence-electron chi connectivity index (χ3n) is 1.73. The maximum absolute atomic E-state index is 4.25. The van der Waals surface area contributed by atoms with Crippen molar-refractivity contribution in [2.24, 2.45) is 0 Å². The molecule has 2 rings (SSSR count). The van der Waals surface area contributed by atoms with Crippen LogP contribution in [0.3, 0.4) is 0 Å². The molecule has 0 aliphatic carbocycles. The van der Waals surface area contributed by atoms with Gasteiger partial charge in [0, 0.05) is 11.8 Å². The van der Waals surface area contributed by atoms with E-state index >= 15 is 0 Å². The van der Waals surface area contributed by atoms with Crippen molar-refractivity contribution in [1.82, 2.24) is 11.1 Å². The molecule has 0 aliphatic heterocycles. The van der Waals surface area contributed by atoms with Gasteiger partial charge in [0.2, 0.25) is 0 Å². The minimum absolute atomic E-state index is 0. The molecule has 13 heavy (non-hydrogen) atoms. The molecule has 0 spiro atoms. The van der Waals surface area contributed by atoms with Crippen molar-refractivity contribution in [3.63, 3.8) is 0 Å². The summed E-state index contributed by atoms with van der Waals surface area (Å²) in [5.74, 6) is 0. The number of nitrogens with zero attached hydrogens (tertiary/aromatic N) is 1. The Kier molecular flexibility index (Phi) is 3.17. The van der Waals surface area contributed by atoms with Crippen LogP contribution in [0.4, 0.5) is 0 Å². The van der Waals surface area contributed by atoms with Crippen molar-refractivity contribution in [3.05, 3.63) is 54.7 Å². The highest BCUT2D eigenvalue weighted by Crippen LogP contribution is 2.14. The van der Waals surface area contributed by atoms with Crippen LogP contribution in [0.1, 0.15) is 0 Å². The highest BCUT2D eigenvalue weighted by molar-refractivity contribution is 5.58. The largest absolute Gasteiger partial charge is 0.344 e. The van der Waals surface area contributed by atoms with Gasteiger partial charge in [-0.1, -0.05) is 36.4 Å². The third-order valence-corrected chi connectivity index (χ3v) is 1.73. The molecule has 2 nitrogen and oxygen atoms in total. The lowest BCUT2D eigenvalue weighted by atomic mass is 10.1. The van der Waals surface area contributed by atoms with Crippen LogP contribution >= 0.6 is 0 Å². The Balaban J connectivity index is 0.000000845. The average Bonchev–Trinajstić information content (AvgIpc) is 2.21. The molecular formula is C11H12N2. The molecule has 1 heterocycles. The van der Waals surface area contributed by atoms with Gasteiger partial charge in [-0.15, -0.1) is 0 Å². The van der Waals surface area contributed by atoms with Crippen molar-refractivity contribution in [2.45, 2.75) is 0 Å². The predicted molar refractivity (Wildman–Crippen MR) is 54.7 cm³/mol. The van der Waals surface area contributed by atoms with Crippen molar-refractivity contribution in [2.75, 3.05) is 0 Å². The number of aromatic nitrogens is 1. The number of rotatable bonds is 1. The topological polar surface area (TPSA) is 47.9 Å². The summed E-state index contributed by atoms with van der Waals surface area (Å²) in [6, 6.07) is 16.1. The molecule has 2 heteroatoms. The van der Waals surface area contributed by atoms with E-state index in [2.05, 4.69) is 17.1 Å². The monoisotopic (exact) mass is 172 g/mol. The van der Waals surface area contributed by atoms with Gasteiger partial charge in [0.25, 0.3) is 0 Å². The van der Waals surface area contributed by atoms with Crippen LogP contribution in [-0.4, -0.2) is 4.98 Å². The molecule has 0 fully saturated rings. The van der Waals surface area contributed by atoms with Gasteiger partial charge in [0.05, 0.1) is 5.69 Å². The fraction of sp³-hybridized carbons (Fsp3) is 0. The molecule has 0 aliphatic rings. The van der Waals surface area contributed by atoms with Crippen LogP contribution in [0.25, 0.3) is 11.3 Å². The number of benzene rings is 1. The quantitative estimate of drug-likeness (QED) is 0.718. The van der Waals surface area contributed by atoms with E-state index in [1.807, 2.05) is 42.6 Å². The first-order chi connectivity index (χ1) is 5.97. The van der Waals surface area contributed by atoms with Crippen LogP contribution in [0, 0.1) is 0 Å². The second-order valence-electron chi connectivity index (χ2n) is 2.58. The summed E-state index contributed by atoms with van der Waals surface area (Å²) in [5, 5.41) is 0. The zero-order valence-electron chi connectivity index (χ0n) is 7.35. The first-order valence-corrected chi connectivity index (χ1v) is 3.93. The van der Waals surface area contributed by atoms with Gasteiger partial charge >= 0.3 is 0 Å². The summed E-state index contributed by atoms with van der Waals surface area (Å²) in [6.07, 6.45) is 1.81. The summed E-state index contributed by atoms with van der Waals surface area (Å²) in [6.45, 7) is 0. The Morgan fingerprint density at radius 1 is 0.769 bits per heavy atom. The van der Waals surface area contributed by atoms with Crippen LogP contribution in [0.15, 0.2) is 54.7 Å². The summed E-state index contributed by atoms with van der Waals surface area (Å²) in [7, 11) is 0. The van der Waals surface area contributed by atoms with Gasteiger partial charge in [-0.05, 0) is 12.1 Å². The normalized spacial score (nSPS) is 8.92. The fourth-order valence-corrected chi connectivity index (χ4v) is 1.14. The lowest BCUT2D eigenvalue weighted by Gasteiger charge is -1.97. The van der Waals surface area contributed by atoms with E-state index in [-0.39, 0.29) is 6.15 Å². The summed E-state index contributed by atoms with van der Waals surface area (Å²) in [5.41, 5.74) is 2.19. The van der Waals surface area contributed by atoms with Gasteiger partial charge in [-0.25, -0.2) is 0 Å². The second kappa shape index (κ2) is 4.38. The highest BCUT2D eigenvalue weighted by atomic mass is 14.7. The van der Waals surface area contributed by atoms with E-state index in [0.717, 1.165) is 11.3 Å². The number of pyridine rings is 1. The van der Waals surface area contributed by atoms with Crippen molar-refractivity contribution >= 4 is 0 Å². The summed E-state index contributed by atoms with van der Waals surface area (Å²) < 4.78 is 0. The first-order valence-electron chi connectivity index (χ1n) is 3.93. The maximum Gasteiger partial charge on any atom is 0.0701 e. The van der Waals surface area contributed by atoms with Crippen molar-refractivity contribution in [3.8, 4) is 11.3 Å². The van der Waals surface area contributed by atoms with Gasteiger partial charge in [-0.3, -0.25) is 4.98 Å². The highest BCUT2D eigenvalue weighted by Gasteiger charge is 1.93. The lowest BCUT2D eigenvalue weighted by molar-refractivity contribution is 1.33. The SMILES string of the molecule is N.c1ccc(-c2ccccn2)cc1. The van der Waals surface area contributed by atoms with Gasteiger partial charge in [-0.2, -0.15) is 0 Å². The van der Waals surface area contributed by atoms with Crippen LogP contribution in [0.5, 0.6) is 0 Å². The Hall–Kier alpha value is -1.67. The molecule has 2 aromatic rings. The average molecular weight is 172 g/mol. The zero-order chi connectivity index (χ0) is 8.23. The van der Waals surface area contributed by atoms with E-state index in [1.165, 1.54) is 0 Å². The lowest BCUT2D eigenvalue weighted by Crippen LogP contribution is -1.79. The molecular weight excluding hydrogens is 160 g/mol. The van der Waals surface area contributed by atoms with Crippen molar-refractivity contribution < 1.29 is 0 Å². The standard InChI is InChI=1S/C11H9N.H3N/c1-2-6-10(7-3-1)11-8-4-5-9-12-11;/h1-9H;1H3. The molecule has 0 saturated heterocycles. The molecule has 0 unspecified atom stereocenters. The molecule has 0 saturated carbocycles. The minimum atomic E-state index is 0. The number of hydrogen-bond acceptors (Lipinski definition) is 2. The van der Waals surface area contributed by atoms with Crippen LogP contribution < -0.4 is 6.15 Å². The smallest absolute Gasteiger partial charge is 0.0701 e. The summed E-state index contributed by atoms with van der Waals surface area (Å²) in [4.78, 5) is 4.25. The Bertz CT molecular complexity index is 305. The molecule has 0 amide bonds. The predicted octanol–water partition coefficient (Wildman–Crippen LogP) is 2.91. The molecule has 1 aromatic carbocycles. The first kappa shape index (κ1) is 9.42. The third kappa shape index (κ3) is 2.13. The molecule has 0 atom stereocenters. The van der Waals surface area contributed by atoms with E-state index in [4.69, 9.17) is 0 Å². The molecule has 3 N–H and O–H groups in total. The molecule has 0 bridgehead atoms. The van der Waals surface area contributed by atoms with E-state index < -0.39 is 0 Å².